The molecule has 0 fully saturated rings. The number of sulfonamides is 1. The van der Waals surface area contributed by atoms with Gasteiger partial charge in [-0.1, -0.05) is 40.2 Å². The number of rotatable bonds is 6. The lowest BCUT2D eigenvalue weighted by Crippen LogP contribution is -2.49. The number of benzene rings is 2. The molecule has 2 aromatic carbocycles. The topological polar surface area (TPSA) is 96.7 Å². The molecule has 152 valence electrons. The lowest BCUT2D eigenvalue weighted by atomic mass is 9.96. The summed E-state index contributed by atoms with van der Waals surface area (Å²) in [5.41, 5.74) is 1.69. The van der Waals surface area contributed by atoms with Crippen LogP contribution in [0.4, 0.5) is 0 Å². The summed E-state index contributed by atoms with van der Waals surface area (Å²) in [6, 6.07) is 12.7. The van der Waals surface area contributed by atoms with Crippen LogP contribution in [0.15, 0.2) is 51.8 Å². The molecule has 0 aliphatic carbocycles. The van der Waals surface area contributed by atoms with Crippen LogP contribution in [0.5, 0.6) is 5.75 Å². The lowest BCUT2D eigenvalue weighted by molar-refractivity contribution is -0.147. The first-order valence-electron chi connectivity index (χ1n) is 8.93. The molecule has 0 saturated heterocycles. The normalized spacial score (nSPS) is 16.5. The van der Waals surface area contributed by atoms with Crippen molar-refractivity contribution in [1.82, 2.24) is 4.31 Å². The van der Waals surface area contributed by atoms with E-state index in [4.69, 9.17) is 14.7 Å². The molecule has 29 heavy (non-hydrogen) atoms. The van der Waals surface area contributed by atoms with Crippen molar-refractivity contribution in [3.63, 3.8) is 0 Å². The maximum absolute atomic E-state index is 13.6. The van der Waals surface area contributed by atoms with Crippen LogP contribution in [0, 0.1) is 11.3 Å². The summed E-state index contributed by atoms with van der Waals surface area (Å²) < 4.78 is 39.3. The van der Waals surface area contributed by atoms with Gasteiger partial charge in [0.05, 0.1) is 6.61 Å². The van der Waals surface area contributed by atoms with Gasteiger partial charge in [0.25, 0.3) is 0 Å². The number of fused-ring (bicyclic) bond motifs is 1. The number of halogens is 1. The third-order valence-corrected chi connectivity index (χ3v) is 6.92. The largest absolute Gasteiger partial charge is 0.492 e. The third kappa shape index (κ3) is 4.45. The highest BCUT2D eigenvalue weighted by Gasteiger charge is 2.41. The Morgan fingerprint density at radius 3 is 2.69 bits per heavy atom. The van der Waals surface area contributed by atoms with Crippen molar-refractivity contribution in [2.45, 2.75) is 30.8 Å². The van der Waals surface area contributed by atoms with Gasteiger partial charge in [0, 0.05) is 17.4 Å². The monoisotopic (exact) mass is 478 g/mol. The van der Waals surface area contributed by atoms with Crippen molar-refractivity contribution < 1.29 is 22.7 Å². The molecule has 1 heterocycles. The standard InChI is InChI=1S/C20H19BrN2O5S/c1-2-27-18-8-7-16(21)12-19(18)29(25,26)23-13-15-6-4-3-5-14(15)11-17(23)20(24)28-10-9-22/h3-8,12,17H,2,10-11,13H2,1H3. The van der Waals surface area contributed by atoms with Gasteiger partial charge >= 0.3 is 5.97 Å². The van der Waals surface area contributed by atoms with Crippen molar-refractivity contribution >= 4 is 31.9 Å². The number of hydrogen-bond donors (Lipinski definition) is 0. The molecule has 0 amide bonds. The van der Waals surface area contributed by atoms with Gasteiger partial charge in [-0.3, -0.25) is 4.79 Å². The molecular formula is C20H19BrN2O5S. The predicted octanol–water partition coefficient (Wildman–Crippen LogP) is 3.03. The van der Waals surface area contributed by atoms with Crippen LogP contribution in [-0.2, 0) is 32.5 Å². The molecule has 0 spiro atoms. The number of hydrogen-bond acceptors (Lipinski definition) is 6. The first-order chi connectivity index (χ1) is 13.9. The van der Waals surface area contributed by atoms with Crippen molar-refractivity contribution in [2.24, 2.45) is 0 Å². The second-order valence-electron chi connectivity index (χ2n) is 6.33. The SMILES string of the molecule is CCOc1ccc(Br)cc1S(=O)(=O)N1Cc2ccccc2CC1C(=O)OCC#N. The second kappa shape index (κ2) is 8.95. The average Bonchev–Trinajstić information content (AvgIpc) is 2.72. The van der Waals surface area contributed by atoms with Crippen molar-refractivity contribution in [3.8, 4) is 11.8 Å². The second-order valence-corrected chi connectivity index (χ2v) is 9.10. The van der Waals surface area contributed by atoms with Crippen molar-refractivity contribution in [3.05, 3.63) is 58.1 Å². The van der Waals surface area contributed by atoms with Gasteiger partial charge in [0.15, 0.2) is 6.61 Å². The van der Waals surface area contributed by atoms with Crippen LogP contribution < -0.4 is 4.74 Å². The Balaban J connectivity index is 2.08. The van der Waals surface area contributed by atoms with E-state index in [0.717, 1.165) is 15.4 Å². The van der Waals surface area contributed by atoms with Gasteiger partial charge in [0.1, 0.15) is 22.8 Å². The smallest absolute Gasteiger partial charge is 0.325 e. The highest BCUT2D eigenvalue weighted by molar-refractivity contribution is 9.10. The summed E-state index contributed by atoms with van der Waals surface area (Å²) in [5, 5.41) is 8.72. The minimum absolute atomic E-state index is 0.0168. The molecule has 1 unspecified atom stereocenters. The molecule has 0 saturated carbocycles. The van der Waals surface area contributed by atoms with Gasteiger partial charge in [-0.15, -0.1) is 0 Å². The summed E-state index contributed by atoms with van der Waals surface area (Å²) in [6.45, 7) is 1.63. The summed E-state index contributed by atoms with van der Waals surface area (Å²) >= 11 is 3.30. The van der Waals surface area contributed by atoms with Crippen LogP contribution in [0.1, 0.15) is 18.1 Å². The number of ether oxygens (including phenoxy) is 2. The highest BCUT2D eigenvalue weighted by Crippen LogP contribution is 2.35. The molecule has 0 N–H and O–H groups in total. The fraction of sp³-hybridized carbons (Fsp3) is 0.300. The van der Waals surface area contributed by atoms with Crippen LogP contribution in [0.25, 0.3) is 0 Å². The third-order valence-electron chi connectivity index (χ3n) is 4.55. The average molecular weight is 479 g/mol. The van der Waals surface area contributed by atoms with E-state index in [1.165, 1.54) is 6.07 Å². The molecule has 0 radical (unpaired) electrons. The Bertz CT molecular complexity index is 1060. The van der Waals surface area contributed by atoms with Gasteiger partial charge < -0.3 is 9.47 Å². The first kappa shape index (κ1) is 21.3. The molecule has 0 bridgehead atoms. The van der Waals surface area contributed by atoms with Crippen LogP contribution in [0.3, 0.4) is 0 Å². The van der Waals surface area contributed by atoms with Gasteiger partial charge in [-0.2, -0.15) is 9.57 Å². The Morgan fingerprint density at radius 1 is 1.28 bits per heavy atom. The zero-order chi connectivity index (χ0) is 21.0. The van der Waals surface area contributed by atoms with Crippen LogP contribution in [-0.4, -0.2) is 37.9 Å². The summed E-state index contributed by atoms with van der Waals surface area (Å²) in [7, 11) is -4.10. The van der Waals surface area contributed by atoms with Gasteiger partial charge in [-0.25, -0.2) is 8.42 Å². The maximum atomic E-state index is 13.6. The molecule has 2 aromatic rings. The molecule has 9 heteroatoms. The summed E-state index contributed by atoms with van der Waals surface area (Å²) in [4.78, 5) is 12.6. The van der Waals surface area contributed by atoms with E-state index < -0.39 is 28.6 Å². The Kier molecular flexibility index (Phi) is 6.57. The molecular weight excluding hydrogens is 460 g/mol. The number of esters is 1. The lowest BCUT2D eigenvalue weighted by Gasteiger charge is -2.34. The minimum Gasteiger partial charge on any atom is -0.492 e. The summed E-state index contributed by atoms with van der Waals surface area (Å²) in [5.74, 6) is -0.545. The molecule has 1 atom stereocenters. The molecule has 3 rings (SSSR count). The van der Waals surface area contributed by atoms with Gasteiger partial charge in [-0.05, 0) is 36.2 Å². The molecule has 0 aromatic heterocycles. The quantitative estimate of drug-likeness (QED) is 0.591. The Labute approximate surface area is 178 Å². The van der Waals surface area contributed by atoms with Gasteiger partial charge in [0.2, 0.25) is 10.0 Å². The zero-order valence-electron chi connectivity index (χ0n) is 15.7. The Hall–Kier alpha value is -2.41. The maximum Gasteiger partial charge on any atom is 0.325 e. The van der Waals surface area contributed by atoms with E-state index >= 15 is 0 Å². The van der Waals surface area contributed by atoms with E-state index in [-0.39, 0.29) is 23.6 Å². The molecule has 1 aliphatic heterocycles. The van der Waals surface area contributed by atoms with E-state index in [1.54, 1.807) is 25.1 Å². The van der Waals surface area contributed by atoms with Crippen LogP contribution >= 0.6 is 15.9 Å². The van der Waals surface area contributed by atoms with Crippen LogP contribution in [0.2, 0.25) is 0 Å². The van der Waals surface area contributed by atoms with Crippen molar-refractivity contribution in [1.29, 1.82) is 5.26 Å². The highest BCUT2D eigenvalue weighted by atomic mass is 79.9. The fourth-order valence-corrected chi connectivity index (χ4v) is 5.46. The van der Waals surface area contributed by atoms with E-state index in [1.807, 2.05) is 24.3 Å². The number of nitrogens with zero attached hydrogens (tertiary/aromatic N) is 2. The van der Waals surface area contributed by atoms with E-state index in [9.17, 15) is 13.2 Å². The zero-order valence-corrected chi connectivity index (χ0v) is 18.1. The number of carbonyl (C=O) groups is 1. The van der Waals surface area contributed by atoms with E-state index in [0.29, 0.717) is 11.1 Å². The molecule has 7 nitrogen and oxygen atoms in total. The minimum atomic E-state index is -4.10. The van der Waals surface area contributed by atoms with Crippen molar-refractivity contribution in [2.75, 3.05) is 13.2 Å². The molecule has 1 aliphatic rings. The summed E-state index contributed by atoms with van der Waals surface area (Å²) in [6.07, 6.45) is 0.164. The Morgan fingerprint density at radius 2 is 2.00 bits per heavy atom. The number of nitriles is 1. The first-order valence-corrected chi connectivity index (χ1v) is 11.2. The number of carbonyl (C=O) groups excluding carboxylic acids is 1. The predicted molar refractivity (Wildman–Crippen MR) is 109 cm³/mol. The fourth-order valence-electron chi connectivity index (χ4n) is 3.24. The van der Waals surface area contributed by atoms with E-state index in [2.05, 4.69) is 15.9 Å².